The van der Waals surface area contributed by atoms with Crippen LogP contribution in [0.3, 0.4) is 0 Å². The van der Waals surface area contributed by atoms with Gasteiger partial charge in [-0.2, -0.15) is 0 Å². The summed E-state index contributed by atoms with van der Waals surface area (Å²) in [4.78, 5) is 21.4. The highest BCUT2D eigenvalue weighted by Gasteiger charge is 2.37. The number of halogens is 2. The van der Waals surface area contributed by atoms with Crippen molar-refractivity contribution < 1.29 is 14.3 Å². The Bertz CT molecular complexity index is 1180. The van der Waals surface area contributed by atoms with E-state index in [0.29, 0.717) is 46.2 Å². The van der Waals surface area contributed by atoms with Crippen LogP contribution in [0.15, 0.2) is 48.9 Å². The van der Waals surface area contributed by atoms with Crippen LogP contribution in [0.2, 0.25) is 5.02 Å². The molecule has 3 N–H and O–H groups in total. The molecule has 0 radical (unpaired) electrons. The predicted molar refractivity (Wildman–Crippen MR) is 131 cm³/mol. The van der Waals surface area contributed by atoms with Crippen molar-refractivity contribution in [3.05, 3.63) is 70.9 Å². The molecule has 3 unspecified atom stereocenters. The van der Waals surface area contributed by atoms with E-state index in [4.69, 9.17) is 11.6 Å². The second-order valence-electron chi connectivity index (χ2n) is 7.83. The highest BCUT2D eigenvalue weighted by molar-refractivity contribution is 8.02. The zero-order valence-electron chi connectivity index (χ0n) is 18.2. The average Bonchev–Trinajstić information content (AvgIpc) is 2.83. The molecule has 3 atom stereocenters. The minimum Gasteiger partial charge on any atom is -0.391 e. The summed E-state index contributed by atoms with van der Waals surface area (Å²) in [5, 5.41) is 16.7. The maximum absolute atomic E-state index is 14.4. The first-order valence-electron chi connectivity index (χ1n) is 10.6. The van der Waals surface area contributed by atoms with E-state index in [1.807, 2.05) is 13.8 Å². The molecule has 1 aromatic carbocycles. The van der Waals surface area contributed by atoms with Gasteiger partial charge in [0.2, 0.25) is 0 Å². The van der Waals surface area contributed by atoms with Crippen LogP contribution in [-0.2, 0) is 6.42 Å². The van der Waals surface area contributed by atoms with E-state index >= 15 is 0 Å². The molecule has 4 rings (SSSR count). The predicted octanol–water partition coefficient (Wildman–Crippen LogP) is 4.84. The standard InChI is InChI=1S/C24H24ClFN4O2S/c1-3-14-10-28-21(16-8-15(25)4-5-18(16)26)9-20(14)30-19-6-7-27-11-17(19)24(32)29-12-22-23(31)13(2)33-22/h4-11,13,22-23,31H,3,12H2,1-2H3,(H,29,32)(H,27,28,30). The number of carbonyl (C=O) groups excluding carboxylic acids is 1. The molecule has 0 bridgehead atoms. The Hall–Kier alpha value is -2.68. The fourth-order valence-corrected chi connectivity index (χ4v) is 5.04. The fraction of sp³-hybridized carbons (Fsp3) is 0.292. The van der Waals surface area contributed by atoms with Gasteiger partial charge in [-0.15, -0.1) is 11.8 Å². The lowest BCUT2D eigenvalue weighted by Crippen LogP contribution is -2.49. The largest absolute Gasteiger partial charge is 0.391 e. The quantitative estimate of drug-likeness (QED) is 0.443. The molecule has 6 nitrogen and oxygen atoms in total. The van der Waals surface area contributed by atoms with Crippen LogP contribution in [0.25, 0.3) is 11.3 Å². The molecule has 1 fully saturated rings. The fourth-order valence-electron chi connectivity index (χ4n) is 3.66. The summed E-state index contributed by atoms with van der Waals surface area (Å²) in [6, 6.07) is 7.79. The highest BCUT2D eigenvalue weighted by atomic mass is 35.5. The van der Waals surface area contributed by atoms with Crippen LogP contribution >= 0.6 is 23.4 Å². The van der Waals surface area contributed by atoms with Crippen LogP contribution in [0.5, 0.6) is 0 Å². The molecule has 0 spiro atoms. The molecule has 1 aliphatic rings. The average molecular weight is 487 g/mol. The number of aromatic nitrogens is 2. The summed E-state index contributed by atoms with van der Waals surface area (Å²) in [6.07, 6.45) is 5.05. The van der Waals surface area contributed by atoms with Crippen molar-refractivity contribution in [1.29, 1.82) is 0 Å². The number of aliphatic hydroxyl groups excluding tert-OH is 1. The molecule has 3 heterocycles. The first-order valence-corrected chi connectivity index (χ1v) is 12.0. The molecule has 0 saturated carbocycles. The maximum atomic E-state index is 14.4. The summed E-state index contributed by atoms with van der Waals surface area (Å²) in [5.41, 5.74) is 3.29. The Morgan fingerprint density at radius 1 is 1.24 bits per heavy atom. The number of hydrogen-bond donors (Lipinski definition) is 3. The van der Waals surface area contributed by atoms with E-state index in [0.717, 1.165) is 5.56 Å². The van der Waals surface area contributed by atoms with E-state index in [-0.39, 0.29) is 16.4 Å². The third-order valence-corrected chi connectivity index (χ3v) is 7.36. The normalized spacial score (nSPS) is 19.6. The van der Waals surface area contributed by atoms with E-state index in [9.17, 15) is 14.3 Å². The Morgan fingerprint density at radius 3 is 2.79 bits per heavy atom. The summed E-state index contributed by atoms with van der Waals surface area (Å²) < 4.78 is 14.4. The molecular formula is C24H24ClFN4O2S. The van der Waals surface area contributed by atoms with Crippen LogP contribution in [0.4, 0.5) is 15.8 Å². The van der Waals surface area contributed by atoms with Crippen molar-refractivity contribution in [3.8, 4) is 11.3 Å². The lowest BCUT2D eigenvalue weighted by Gasteiger charge is -2.38. The second kappa shape index (κ2) is 10.1. The van der Waals surface area contributed by atoms with E-state index in [1.54, 1.807) is 36.3 Å². The number of aryl methyl sites for hydroxylation is 1. The number of aliphatic hydroxyl groups is 1. The molecule has 1 saturated heterocycles. The SMILES string of the molecule is CCc1cnc(-c2cc(Cl)ccc2F)cc1Nc1ccncc1C(=O)NCC1SC(C)C1O. The number of pyridine rings is 2. The van der Waals surface area contributed by atoms with Gasteiger partial charge in [-0.25, -0.2) is 4.39 Å². The minimum atomic E-state index is -0.420. The van der Waals surface area contributed by atoms with Crippen molar-refractivity contribution >= 4 is 40.6 Å². The number of thioether (sulfide) groups is 1. The molecular weight excluding hydrogens is 463 g/mol. The number of amides is 1. The maximum Gasteiger partial charge on any atom is 0.255 e. The topological polar surface area (TPSA) is 87.1 Å². The van der Waals surface area contributed by atoms with Gasteiger partial charge in [-0.1, -0.05) is 25.4 Å². The van der Waals surface area contributed by atoms with Crippen molar-refractivity contribution in [3.63, 3.8) is 0 Å². The summed E-state index contributed by atoms with van der Waals surface area (Å²) >= 11 is 7.70. The molecule has 172 valence electrons. The smallest absolute Gasteiger partial charge is 0.255 e. The summed E-state index contributed by atoms with van der Waals surface area (Å²) in [7, 11) is 0. The number of nitrogens with zero attached hydrogens (tertiary/aromatic N) is 2. The van der Waals surface area contributed by atoms with Gasteiger partial charge in [0, 0.05) is 51.9 Å². The van der Waals surface area contributed by atoms with Gasteiger partial charge in [0.05, 0.1) is 23.0 Å². The third kappa shape index (κ3) is 5.13. The number of carbonyl (C=O) groups is 1. The van der Waals surface area contributed by atoms with Gasteiger partial charge in [0.15, 0.2) is 0 Å². The van der Waals surface area contributed by atoms with Crippen LogP contribution in [0, 0.1) is 5.82 Å². The van der Waals surface area contributed by atoms with Crippen LogP contribution in [-0.4, -0.2) is 44.1 Å². The number of rotatable bonds is 7. The van der Waals surface area contributed by atoms with Crippen molar-refractivity contribution in [2.24, 2.45) is 0 Å². The molecule has 0 aliphatic carbocycles. The van der Waals surface area contributed by atoms with Gasteiger partial charge in [-0.3, -0.25) is 14.8 Å². The Kier molecular flexibility index (Phi) is 7.17. The number of hydrogen-bond acceptors (Lipinski definition) is 6. The molecule has 2 aromatic heterocycles. The molecule has 1 aliphatic heterocycles. The van der Waals surface area contributed by atoms with Gasteiger partial charge >= 0.3 is 0 Å². The van der Waals surface area contributed by atoms with Gasteiger partial charge in [0.1, 0.15) is 5.82 Å². The summed E-state index contributed by atoms with van der Waals surface area (Å²) in [5.74, 6) is -0.706. The molecule has 33 heavy (non-hydrogen) atoms. The van der Waals surface area contributed by atoms with Gasteiger partial charge in [0.25, 0.3) is 5.91 Å². The van der Waals surface area contributed by atoms with E-state index in [1.165, 1.54) is 24.4 Å². The monoisotopic (exact) mass is 486 g/mol. The lowest BCUT2D eigenvalue weighted by atomic mass is 10.1. The summed E-state index contributed by atoms with van der Waals surface area (Å²) in [6.45, 7) is 4.32. The number of benzene rings is 1. The Balaban J connectivity index is 1.59. The van der Waals surface area contributed by atoms with Crippen molar-refractivity contribution in [2.75, 3.05) is 11.9 Å². The molecule has 3 aromatic rings. The van der Waals surface area contributed by atoms with Crippen LogP contribution < -0.4 is 10.6 Å². The minimum absolute atomic E-state index is 0.0147. The first kappa shape index (κ1) is 23.5. The Labute approximate surface area is 201 Å². The number of anilines is 2. The van der Waals surface area contributed by atoms with Gasteiger partial charge in [-0.05, 0) is 42.3 Å². The zero-order chi connectivity index (χ0) is 23.5. The van der Waals surface area contributed by atoms with Crippen molar-refractivity contribution in [2.45, 2.75) is 36.9 Å². The Morgan fingerprint density at radius 2 is 2.06 bits per heavy atom. The third-order valence-electron chi connectivity index (χ3n) is 5.62. The second-order valence-corrected chi connectivity index (χ2v) is 9.89. The zero-order valence-corrected chi connectivity index (χ0v) is 19.8. The first-order chi connectivity index (χ1) is 15.9. The lowest BCUT2D eigenvalue weighted by molar-refractivity contribution is 0.0941. The van der Waals surface area contributed by atoms with E-state index < -0.39 is 11.9 Å². The van der Waals surface area contributed by atoms with Gasteiger partial charge < -0.3 is 15.7 Å². The molecule has 9 heteroatoms. The van der Waals surface area contributed by atoms with E-state index in [2.05, 4.69) is 20.6 Å². The molecule has 1 amide bonds. The van der Waals surface area contributed by atoms with Crippen LogP contribution in [0.1, 0.15) is 29.8 Å². The number of nitrogens with one attached hydrogen (secondary N) is 2. The van der Waals surface area contributed by atoms with Crippen molar-refractivity contribution in [1.82, 2.24) is 15.3 Å². The highest BCUT2D eigenvalue weighted by Crippen LogP contribution is 2.36.